The molecular weight excluding hydrogens is 270 g/mol. The van der Waals surface area contributed by atoms with Crippen molar-refractivity contribution in [2.45, 2.75) is 20.8 Å². The molecule has 4 rings (SSSR count). The van der Waals surface area contributed by atoms with E-state index in [4.69, 9.17) is 0 Å². The molecule has 0 saturated carbocycles. The lowest BCUT2D eigenvalue weighted by Gasteiger charge is -2.06. The van der Waals surface area contributed by atoms with Gasteiger partial charge in [0.2, 0.25) is 0 Å². The molecule has 0 aliphatic rings. The fourth-order valence-electron chi connectivity index (χ4n) is 2.74. The third kappa shape index (κ3) is 2.25. The van der Waals surface area contributed by atoms with Crippen molar-refractivity contribution in [2.24, 2.45) is 0 Å². The van der Waals surface area contributed by atoms with E-state index in [9.17, 15) is 0 Å². The summed E-state index contributed by atoms with van der Waals surface area (Å²) in [7, 11) is 0. The van der Waals surface area contributed by atoms with E-state index in [2.05, 4.69) is 63.1 Å². The molecule has 2 heterocycles. The number of nitrogens with zero attached hydrogens (tertiary/aromatic N) is 3. The number of hydrogen-bond acceptors (Lipinski definition) is 2. The lowest BCUT2D eigenvalue weighted by Crippen LogP contribution is -1.99. The molecule has 22 heavy (non-hydrogen) atoms. The highest BCUT2D eigenvalue weighted by Gasteiger charge is 2.11. The van der Waals surface area contributed by atoms with Gasteiger partial charge in [0.05, 0.1) is 11.0 Å². The van der Waals surface area contributed by atoms with E-state index in [1.807, 2.05) is 26.8 Å². The summed E-state index contributed by atoms with van der Waals surface area (Å²) in [6, 6.07) is 18.8. The van der Waals surface area contributed by atoms with Gasteiger partial charge >= 0.3 is 0 Å². The molecule has 0 bridgehead atoms. The summed E-state index contributed by atoms with van der Waals surface area (Å²) in [5.41, 5.74) is 2.35. The van der Waals surface area contributed by atoms with Crippen molar-refractivity contribution >= 4 is 21.8 Å². The molecule has 2 aromatic carbocycles. The maximum atomic E-state index is 4.57. The smallest absolute Gasteiger partial charge is 0.141 e. The van der Waals surface area contributed by atoms with Gasteiger partial charge in [0.1, 0.15) is 11.6 Å². The molecule has 4 aromatic rings. The zero-order valence-corrected chi connectivity index (χ0v) is 13.1. The van der Waals surface area contributed by atoms with Gasteiger partial charge in [-0.3, -0.25) is 4.57 Å². The summed E-state index contributed by atoms with van der Waals surface area (Å²) in [5, 5.41) is 2.50. The molecular formula is C19H19N3. The summed E-state index contributed by atoms with van der Waals surface area (Å²) in [4.78, 5) is 8.75. The van der Waals surface area contributed by atoms with Crippen LogP contribution >= 0.6 is 0 Å². The number of para-hydroxylation sites is 2. The van der Waals surface area contributed by atoms with Crippen molar-refractivity contribution in [3.8, 4) is 5.82 Å². The lowest BCUT2D eigenvalue weighted by atomic mass is 10.2. The molecule has 0 radical (unpaired) electrons. The molecule has 110 valence electrons. The lowest BCUT2D eigenvalue weighted by molar-refractivity contribution is 0.981. The molecule has 0 atom stereocenters. The molecule has 0 aliphatic heterocycles. The zero-order chi connectivity index (χ0) is 15.5. The van der Waals surface area contributed by atoms with E-state index in [0.29, 0.717) is 0 Å². The van der Waals surface area contributed by atoms with Crippen LogP contribution in [-0.4, -0.2) is 14.5 Å². The predicted octanol–water partition coefficient (Wildman–Crippen LogP) is 4.91. The van der Waals surface area contributed by atoms with Crippen LogP contribution in [0.15, 0.2) is 60.8 Å². The van der Waals surface area contributed by atoms with Gasteiger partial charge in [-0.2, -0.15) is 0 Å². The van der Waals surface area contributed by atoms with Gasteiger partial charge in [0.15, 0.2) is 0 Å². The Hall–Kier alpha value is -2.68. The fraction of sp³-hybridized carbons (Fsp3) is 0.158. The SMILES string of the molecule is CC.Cc1nccc(-n2c3ccccc3c3ccccc32)n1. The van der Waals surface area contributed by atoms with Crippen molar-refractivity contribution in [1.82, 2.24) is 14.5 Å². The van der Waals surface area contributed by atoms with Crippen LogP contribution in [0.2, 0.25) is 0 Å². The Kier molecular flexibility index (Phi) is 3.88. The molecule has 2 aromatic heterocycles. The summed E-state index contributed by atoms with van der Waals surface area (Å²) in [6.07, 6.45) is 1.81. The van der Waals surface area contributed by atoms with Gasteiger partial charge in [0.25, 0.3) is 0 Å². The minimum absolute atomic E-state index is 0.782. The third-order valence-corrected chi connectivity index (χ3v) is 3.57. The first-order chi connectivity index (χ1) is 10.8. The molecule has 3 heteroatoms. The summed E-state index contributed by atoms with van der Waals surface area (Å²) < 4.78 is 2.19. The fourth-order valence-corrected chi connectivity index (χ4v) is 2.74. The average molecular weight is 289 g/mol. The highest BCUT2D eigenvalue weighted by Crippen LogP contribution is 2.30. The van der Waals surface area contributed by atoms with E-state index in [1.54, 1.807) is 6.20 Å². The van der Waals surface area contributed by atoms with Gasteiger partial charge in [-0.05, 0) is 25.1 Å². The minimum atomic E-state index is 0.782. The maximum Gasteiger partial charge on any atom is 0.141 e. The van der Waals surface area contributed by atoms with Crippen molar-refractivity contribution in [3.63, 3.8) is 0 Å². The summed E-state index contributed by atoms with van der Waals surface area (Å²) in [6.45, 7) is 5.91. The number of hydrogen-bond donors (Lipinski definition) is 0. The number of benzene rings is 2. The second-order valence-electron chi connectivity index (χ2n) is 4.83. The average Bonchev–Trinajstić information content (AvgIpc) is 2.91. The topological polar surface area (TPSA) is 30.7 Å². The van der Waals surface area contributed by atoms with Crippen LogP contribution in [-0.2, 0) is 0 Å². The van der Waals surface area contributed by atoms with Crippen LogP contribution in [0.3, 0.4) is 0 Å². The third-order valence-electron chi connectivity index (χ3n) is 3.57. The molecule has 0 spiro atoms. The van der Waals surface area contributed by atoms with Crippen molar-refractivity contribution in [1.29, 1.82) is 0 Å². The van der Waals surface area contributed by atoms with Crippen LogP contribution in [0.25, 0.3) is 27.6 Å². The van der Waals surface area contributed by atoms with Crippen LogP contribution < -0.4 is 0 Å². The van der Waals surface area contributed by atoms with E-state index in [0.717, 1.165) is 11.6 Å². The molecule has 0 N–H and O–H groups in total. The van der Waals surface area contributed by atoms with E-state index >= 15 is 0 Å². The van der Waals surface area contributed by atoms with E-state index < -0.39 is 0 Å². The number of fused-ring (bicyclic) bond motifs is 3. The van der Waals surface area contributed by atoms with Crippen LogP contribution in [0.5, 0.6) is 0 Å². The van der Waals surface area contributed by atoms with Crippen molar-refractivity contribution in [3.05, 3.63) is 66.6 Å². The molecule has 3 nitrogen and oxygen atoms in total. The normalized spacial score (nSPS) is 10.5. The Morgan fingerprint density at radius 1 is 0.773 bits per heavy atom. The standard InChI is InChI=1S/C17H13N3.C2H6/c1-12-18-11-10-17(19-12)20-15-8-4-2-6-13(15)14-7-3-5-9-16(14)20;1-2/h2-11H,1H3;1-2H3. The first-order valence-electron chi connectivity index (χ1n) is 7.63. The number of aryl methyl sites for hydroxylation is 1. The molecule has 0 fully saturated rings. The van der Waals surface area contributed by atoms with Gasteiger partial charge in [0, 0.05) is 17.0 Å². The number of aromatic nitrogens is 3. The van der Waals surface area contributed by atoms with Crippen molar-refractivity contribution < 1.29 is 0 Å². The second-order valence-corrected chi connectivity index (χ2v) is 4.83. The Balaban J connectivity index is 0.000000693. The van der Waals surface area contributed by atoms with Crippen LogP contribution in [0.1, 0.15) is 19.7 Å². The van der Waals surface area contributed by atoms with Gasteiger partial charge in [-0.15, -0.1) is 0 Å². The quantitative estimate of drug-likeness (QED) is 0.498. The second kappa shape index (κ2) is 5.98. The van der Waals surface area contributed by atoms with Crippen LogP contribution in [0, 0.1) is 6.92 Å². The predicted molar refractivity (Wildman–Crippen MR) is 92.5 cm³/mol. The van der Waals surface area contributed by atoms with Crippen LogP contribution in [0.4, 0.5) is 0 Å². The van der Waals surface area contributed by atoms with Gasteiger partial charge < -0.3 is 0 Å². The first-order valence-corrected chi connectivity index (χ1v) is 7.63. The monoisotopic (exact) mass is 289 g/mol. The van der Waals surface area contributed by atoms with E-state index in [-0.39, 0.29) is 0 Å². The Morgan fingerprint density at radius 2 is 1.32 bits per heavy atom. The highest BCUT2D eigenvalue weighted by molar-refractivity contribution is 6.08. The molecule has 0 saturated heterocycles. The Bertz CT molecular complexity index is 869. The Morgan fingerprint density at radius 3 is 1.86 bits per heavy atom. The van der Waals surface area contributed by atoms with Crippen molar-refractivity contribution in [2.75, 3.05) is 0 Å². The highest BCUT2D eigenvalue weighted by atomic mass is 15.1. The molecule has 0 amide bonds. The summed E-state index contributed by atoms with van der Waals surface area (Å²) >= 11 is 0. The maximum absolute atomic E-state index is 4.57. The first kappa shape index (κ1) is 14.3. The minimum Gasteiger partial charge on any atom is -0.294 e. The zero-order valence-electron chi connectivity index (χ0n) is 13.1. The van der Waals surface area contributed by atoms with E-state index in [1.165, 1.54) is 21.8 Å². The van der Waals surface area contributed by atoms with Gasteiger partial charge in [-0.25, -0.2) is 9.97 Å². The largest absolute Gasteiger partial charge is 0.294 e. The number of rotatable bonds is 1. The Labute approximate surface area is 130 Å². The molecule has 0 unspecified atom stereocenters. The molecule has 0 aliphatic carbocycles. The summed E-state index contributed by atoms with van der Waals surface area (Å²) in [5.74, 6) is 1.69. The van der Waals surface area contributed by atoms with Gasteiger partial charge in [-0.1, -0.05) is 50.2 Å².